The van der Waals surface area contributed by atoms with Gasteiger partial charge in [-0.1, -0.05) is 26.2 Å². The van der Waals surface area contributed by atoms with Gasteiger partial charge in [0.25, 0.3) is 0 Å². The van der Waals surface area contributed by atoms with Crippen molar-refractivity contribution in [2.45, 2.75) is 52.5 Å². The molecule has 1 amide bonds. The number of hydrogen-bond donors (Lipinski definition) is 2. The van der Waals surface area contributed by atoms with Crippen molar-refractivity contribution in [3.05, 3.63) is 0 Å². The third-order valence-electron chi connectivity index (χ3n) is 3.72. The predicted octanol–water partition coefficient (Wildman–Crippen LogP) is 1.93. The van der Waals surface area contributed by atoms with Gasteiger partial charge in [0.05, 0.1) is 6.04 Å². The molecule has 0 aliphatic heterocycles. The zero-order chi connectivity index (χ0) is 12.0. The Morgan fingerprint density at radius 3 is 2.69 bits per heavy atom. The van der Waals surface area contributed by atoms with Crippen LogP contribution in [-0.4, -0.2) is 25.0 Å². The molecular weight excluding hydrogens is 200 g/mol. The number of likely N-dealkylation sites (N-methyl/N-ethyl adjacent to an activating group) is 1. The molecule has 16 heavy (non-hydrogen) atoms. The first kappa shape index (κ1) is 13.5. The SMILES string of the molecule is CCNC(=O)C(C)NCC1CCCCC1C. The maximum atomic E-state index is 11.5. The molecule has 1 saturated carbocycles. The molecule has 0 aromatic rings. The van der Waals surface area contributed by atoms with E-state index in [0.29, 0.717) is 6.54 Å². The van der Waals surface area contributed by atoms with Crippen LogP contribution in [0.25, 0.3) is 0 Å². The summed E-state index contributed by atoms with van der Waals surface area (Å²) in [5.41, 5.74) is 0. The Morgan fingerprint density at radius 2 is 2.06 bits per heavy atom. The molecule has 0 bridgehead atoms. The molecule has 2 N–H and O–H groups in total. The molecule has 3 nitrogen and oxygen atoms in total. The van der Waals surface area contributed by atoms with E-state index in [1.165, 1.54) is 25.7 Å². The van der Waals surface area contributed by atoms with Crippen LogP contribution >= 0.6 is 0 Å². The van der Waals surface area contributed by atoms with Crippen molar-refractivity contribution in [2.75, 3.05) is 13.1 Å². The first-order valence-corrected chi connectivity index (χ1v) is 6.66. The monoisotopic (exact) mass is 226 g/mol. The van der Waals surface area contributed by atoms with Gasteiger partial charge in [-0.25, -0.2) is 0 Å². The van der Waals surface area contributed by atoms with Crippen LogP contribution in [0.4, 0.5) is 0 Å². The fourth-order valence-electron chi connectivity index (χ4n) is 2.44. The summed E-state index contributed by atoms with van der Waals surface area (Å²) in [7, 11) is 0. The Morgan fingerprint density at radius 1 is 1.38 bits per heavy atom. The molecule has 0 aromatic carbocycles. The van der Waals surface area contributed by atoms with Gasteiger partial charge in [-0.15, -0.1) is 0 Å². The van der Waals surface area contributed by atoms with E-state index in [1.807, 2.05) is 13.8 Å². The van der Waals surface area contributed by atoms with E-state index in [2.05, 4.69) is 17.6 Å². The second kappa shape index (κ2) is 6.89. The van der Waals surface area contributed by atoms with Crippen LogP contribution in [0.5, 0.6) is 0 Å². The Balaban J connectivity index is 2.24. The fourth-order valence-corrected chi connectivity index (χ4v) is 2.44. The summed E-state index contributed by atoms with van der Waals surface area (Å²) in [6.07, 6.45) is 5.40. The van der Waals surface area contributed by atoms with Gasteiger partial charge in [-0.2, -0.15) is 0 Å². The van der Waals surface area contributed by atoms with Gasteiger partial charge in [0.15, 0.2) is 0 Å². The highest BCUT2D eigenvalue weighted by atomic mass is 16.2. The van der Waals surface area contributed by atoms with E-state index in [9.17, 15) is 4.79 Å². The average Bonchev–Trinajstić information content (AvgIpc) is 2.28. The Labute approximate surface area is 99.4 Å². The van der Waals surface area contributed by atoms with Crippen LogP contribution in [0.15, 0.2) is 0 Å². The van der Waals surface area contributed by atoms with E-state index in [-0.39, 0.29) is 11.9 Å². The predicted molar refractivity (Wildman–Crippen MR) is 67.3 cm³/mol. The molecule has 3 unspecified atom stereocenters. The molecule has 3 atom stereocenters. The molecule has 1 aliphatic carbocycles. The van der Waals surface area contributed by atoms with E-state index in [4.69, 9.17) is 0 Å². The molecular formula is C13H26N2O. The van der Waals surface area contributed by atoms with Gasteiger partial charge in [-0.3, -0.25) is 4.79 Å². The Bertz CT molecular complexity index is 218. The average molecular weight is 226 g/mol. The molecule has 0 heterocycles. The minimum Gasteiger partial charge on any atom is -0.355 e. The lowest BCUT2D eigenvalue weighted by molar-refractivity contribution is -0.122. The van der Waals surface area contributed by atoms with Gasteiger partial charge in [-0.05, 0) is 38.6 Å². The quantitative estimate of drug-likeness (QED) is 0.752. The molecule has 3 heteroatoms. The van der Waals surface area contributed by atoms with Crippen LogP contribution in [0.1, 0.15) is 46.5 Å². The third-order valence-corrected chi connectivity index (χ3v) is 3.72. The highest BCUT2D eigenvalue weighted by molar-refractivity contribution is 5.81. The topological polar surface area (TPSA) is 41.1 Å². The maximum Gasteiger partial charge on any atom is 0.236 e. The van der Waals surface area contributed by atoms with Crippen LogP contribution in [-0.2, 0) is 4.79 Å². The lowest BCUT2D eigenvalue weighted by atomic mass is 9.80. The van der Waals surface area contributed by atoms with Crippen molar-refractivity contribution in [3.8, 4) is 0 Å². The second-order valence-electron chi connectivity index (χ2n) is 5.05. The summed E-state index contributed by atoms with van der Waals surface area (Å²) in [6.45, 7) is 7.93. The summed E-state index contributed by atoms with van der Waals surface area (Å²) in [5, 5.41) is 6.20. The van der Waals surface area contributed by atoms with E-state index in [0.717, 1.165) is 18.4 Å². The van der Waals surface area contributed by atoms with Gasteiger partial charge >= 0.3 is 0 Å². The fraction of sp³-hybridized carbons (Fsp3) is 0.923. The second-order valence-corrected chi connectivity index (χ2v) is 5.05. The highest BCUT2D eigenvalue weighted by Crippen LogP contribution is 2.28. The zero-order valence-electron chi connectivity index (χ0n) is 10.9. The van der Waals surface area contributed by atoms with E-state index >= 15 is 0 Å². The zero-order valence-corrected chi connectivity index (χ0v) is 10.9. The summed E-state index contributed by atoms with van der Waals surface area (Å²) in [6, 6.07) is -0.0610. The first-order chi connectivity index (χ1) is 7.65. The van der Waals surface area contributed by atoms with Crippen molar-refractivity contribution in [1.29, 1.82) is 0 Å². The number of nitrogens with one attached hydrogen (secondary N) is 2. The summed E-state index contributed by atoms with van der Waals surface area (Å²) in [5.74, 6) is 1.68. The van der Waals surface area contributed by atoms with Crippen molar-refractivity contribution in [3.63, 3.8) is 0 Å². The molecule has 0 aromatic heterocycles. The minimum atomic E-state index is -0.0610. The maximum absolute atomic E-state index is 11.5. The highest BCUT2D eigenvalue weighted by Gasteiger charge is 2.22. The molecule has 1 rings (SSSR count). The number of carbonyl (C=O) groups excluding carboxylic acids is 1. The van der Waals surface area contributed by atoms with Crippen molar-refractivity contribution < 1.29 is 4.79 Å². The Hall–Kier alpha value is -0.570. The molecule has 0 spiro atoms. The van der Waals surface area contributed by atoms with Crippen LogP contribution < -0.4 is 10.6 Å². The van der Waals surface area contributed by atoms with Gasteiger partial charge in [0.1, 0.15) is 0 Å². The smallest absolute Gasteiger partial charge is 0.236 e. The molecule has 1 fully saturated rings. The summed E-state index contributed by atoms with van der Waals surface area (Å²) in [4.78, 5) is 11.5. The van der Waals surface area contributed by atoms with Crippen LogP contribution in [0, 0.1) is 11.8 Å². The van der Waals surface area contributed by atoms with Crippen molar-refractivity contribution in [1.82, 2.24) is 10.6 Å². The van der Waals surface area contributed by atoms with Gasteiger partial charge < -0.3 is 10.6 Å². The lowest BCUT2D eigenvalue weighted by Gasteiger charge is -2.29. The summed E-state index contributed by atoms with van der Waals surface area (Å²) >= 11 is 0. The molecule has 0 saturated heterocycles. The number of rotatable bonds is 5. The number of amides is 1. The van der Waals surface area contributed by atoms with E-state index < -0.39 is 0 Å². The first-order valence-electron chi connectivity index (χ1n) is 6.66. The number of hydrogen-bond acceptors (Lipinski definition) is 2. The van der Waals surface area contributed by atoms with Crippen molar-refractivity contribution in [2.24, 2.45) is 11.8 Å². The molecule has 1 aliphatic rings. The molecule has 0 radical (unpaired) electrons. The molecule has 94 valence electrons. The van der Waals surface area contributed by atoms with E-state index in [1.54, 1.807) is 0 Å². The summed E-state index contributed by atoms with van der Waals surface area (Å²) < 4.78 is 0. The lowest BCUT2D eigenvalue weighted by Crippen LogP contribution is -2.44. The Kier molecular flexibility index (Phi) is 5.81. The van der Waals surface area contributed by atoms with Crippen LogP contribution in [0.3, 0.4) is 0 Å². The third kappa shape index (κ3) is 4.12. The largest absolute Gasteiger partial charge is 0.355 e. The van der Waals surface area contributed by atoms with Crippen LogP contribution in [0.2, 0.25) is 0 Å². The number of carbonyl (C=O) groups is 1. The van der Waals surface area contributed by atoms with Gasteiger partial charge in [0, 0.05) is 6.54 Å². The standard InChI is InChI=1S/C13H26N2O/c1-4-14-13(16)11(3)15-9-12-8-6-5-7-10(12)2/h10-12,15H,4-9H2,1-3H3,(H,14,16). The minimum absolute atomic E-state index is 0.0610. The normalized spacial score (nSPS) is 27.4. The van der Waals surface area contributed by atoms with Crippen molar-refractivity contribution >= 4 is 5.91 Å². The van der Waals surface area contributed by atoms with Gasteiger partial charge in [0.2, 0.25) is 5.91 Å².